The van der Waals surface area contributed by atoms with Crippen molar-refractivity contribution in [3.8, 4) is 5.75 Å². The van der Waals surface area contributed by atoms with Crippen LogP contribution in [0.5, 0.6) is 5.75 Å². The van der Waals surface area contributed by atoms with E-state index in [4.69, 9.17) is 25.9 Å². The largest absolute Gasteiger partial charge is 0.491 e. The van der Waals surface area contributed by atoms with Crippen LogP contribution in [0.4, 0.5) is 0 Å². The molecule has 7 rings (SSSR count). The van der Waals surface area contributed by atoms with Gasteiger partial charge in [-0.15, -0.1) is 0 Å². The van der Waals surface area contributed by atoms with Gasteiger partial charge in [-0.05, 0) is 78.3 Å². The van der Waals surface area contributed by atoms with Gasteiger partial charge in [0.1, 0.15) is 22.7 Å². The fraction of sp³-hybridized carbons (Fsp3) is 0.432. The van der Waals surface area contributed by atoms with Gasteiger partial charge in [0.05, 0.1) is 47.8 Å². The van der Waals surface area contributed by atoms with Gasteiger partial charge >= 0.3 is 0 Å². The number of amides is 4. The van der Waals surface area contributed by atoms with Crippen molar-refractivity contribution in [2.45, 2.75) is 87.2 Å². The topological polar surface area (TPSA) is 235 Å². The fourth-order valence-electron chi connectivity index (χ4n) is 8.09. The van der Waals surface area contributed by atoms with Crippen molar-refractivity contribution in [1.82, 2.24) is 47.7 Å². The minimum absolute atomic E-state index is 0.203. The van der Waals surface area contributed by atoms with Crippen LogP contribution in [-0.2, 0) is 44.0 Å². The highest BCUT2D eigenvalue weighted by Gasteiger charge is 2.22. The van der Waals surface area contributed by atoms with Gasteiger partial charge in [-0.25, -0.2) is 4.98 Å². The van der Waals surface area contributed by atoms with Crippen LogP contribution in [0.1, 0.15) is 87.2 Å². The number of hydrogen-bond donors (Lipinski definition) is 2. The third-order valence-corrected chi connectivity index (χ3v) is 11.1. The molecule has 20 heteroatoms. The van der Waals surface area contributed by atoms with Crippen molar-refractivity contribution >= 4 is 45.8 Å². The van der Waals surface area contributed by atoms with Crippen LogP contribution < -0.4 is 27.4 Å². The molecule has 1 saturated heterocycles. The zero-order chi connectivity index (χ0) is 45.7. The quantitative estimate of drug-likeness (QED) is 0.100. The first-order chi connectivity index (χ1) is 30.9. The maximum Gasteiger partial charge on any atom is 0.298 e. The minimum Gasteiger partial charge on any atom is -0.491 e. The number of carbonyl (C=O) groups excluding carboxylic acids is 4. The highest BCUT2D eigenvalue weighted by molar-refractivity contribution is 5.99. The standard InChI is InChI=1S/C44H56N14O6/c1-7-53-32-24-30(38(45)59)26-36(64-19-13-14-52-17-20-63-21-18-52)37(32)55(43(53)48-41(61)34-22-28(5)50-57(34)9-3)15-11-12-16-56-40-33(25-31(27-47-40)39(46)60)54(8-2)44(56)49-42(62)35-23-29(6)51-58(35)10-4/h11-12,22-27H,7-10,13-21H2,1-6H3,(H2,45,59)(H2,46,60)/b12-11+,48-43?,49-44?. The number of rotatable bonds is 17. The molecule has 64 heavy (non-hydrogen) atoms. The van der Waals surface area contributed by atoms with Gasteiger partial charge in [0.2, 0.25) is 23.1 Å². The number of carbonyl (C=O) groups is 4. The van der Waals surface area contributed by atoms with E-state index in [2.05, 4.69) is 25.1 Å². The SMILES string of the molecule is CCn1nc(C)cc1C(=O)N=c1n(CC)c2cc(C(N)=O)cnc2n1C/C=C/Cn1c(=NC(=O)c2cc(C)nn2CC)n(CC)c2cc(C(N)=O)cc(OCCCN3CCOCC3)c21. The highest BCUT2D eigenvalue weighted by atomic mass is 16.5. The number of aromatic nitrogens is 9. The Morgan fingerprint density at radius 3 is 1.83 bits per heavy atom. The number of morpholine rings is 1. The summed E-state index contributed by atoms with van der Waals surface area (Å²) >= 11 is 0. The molecule has 0 saturated carbocycles. The molecule has 4 amide bonds. The molecule has 6 heterocycles. The Balaban J connectivity index is 1.34. The summed E-state index contributed by atoms with van der Waals surface area (Å²) in [5.41, 5.74) is 17.0. The minimum atomic E-state index is -0.637. The number of hydrogen-bond acceptors (Lipinski definition) is 10. The molecule has 5 aromatic heterocycles. The van der Waals surface area contributed by atoms with E-state index in [1.54, 1.807) is 44.3 Å². The van der Waals surface area contributed by atoms with E-state index in [1.807, 2.05) is 67.4 Å². The molecule has 6 aromatic rings. The third kappa shape index (κ3) is 9.23. The fourth-order valence-corrected chi connectivity index (χ4v) is 8.09. The van der Waals surface area contributed by atoms with Gasteiger partial charge in [0.25, 0.3) is 11.8 Å². The Bertz CT molecular complexity index is 2910. The van der Waals surface area contributed by atoms with E-state index in [1.165, 1.54) is 6.20 Å². The van der Waals surface area contributed by atoms with Gasteiger partial charge < -0.3 is 34.6 Å². The lowest BCUT2D eigenvalue weighted by Crippen LogP contribution is -2.37. The maximum atomic E-state index is 14.1. The molecule has 0 radical (unpaired) electrons. The molecule has 0 aliphatic carbocycles. The van der Waals surface area contributed by atoms with Gasteiger partial charge in [-0.2, -0.15) is 20.2 Å². The molecular formula is C44H56N14O6. The number of nitrogens with two attached hydrogens (primary N) is 2. The Hall–Kier alpha value is -6.93. The second-order valence-electron chi connectivity index (χ2n) is 15.4. The van der Waals surface area contributed by atoms with E-state index in [9.17, 15) is 19.2 Å². The first-order valence-electron chi connectivity index (χ1n) is 21.7. The molecule has 1 aromatic carbocycles. The van der Waals surface area contributed by atoms with Gasteiger partial charge in [-0.1, -0.05) is 12.2 Å². The molecule has 338 valence electrons. The van der Waals surface area contributed by atoms with Crippen LogP contribution in [0.25, 0.3) is 22.2 Å². The number of nitrogens with zero attached hydrogens (tertiary/aromatic N) is 12. The monoisotopic (exact) mass is 876 g/mol. The predicted octanol–water partition coefficient (Wildman–Crippen LogP) is 2.72. The summed E-state index contributed by atoms with van der Waals surface area (Å²) in [7, 11) is 0. The van der Waals surface area contributed by atoms with Gasteiger partial charge in [-0.3, -0.25) is 38.0 Å². The number of primary amides is 2. The Morgan fingerprint density at radius 2 is 1.27 bits per heavy atom. The summed E-state index contributed by atoms with van der Waals surface area (Å²) in [4.78, 5) is 69.2. The average Bonchev–Trinajstić information content (AvgIpc) is 4.03. The van der Waals surface area contributed by atoms with Crippen molar-refractivity contribution in [3.63, 3.8) is 0 Å². The Kier molecular flexibility index (Phi) is 13.8. The second-order valence-corrected chi connectivity index (χ2v) is 15.4. The smallest absolute Gasteiger partial charge is 0.298 e. The molecule has 0 unspecified atom stereocenters. The van der Waals surface area contributed by atoms with Gasteiger partial charge in [0, 0.05) is 70.7 Å². The number of aryl methyl sites for hydroxylation is 6. The van der Waals surface area contributed by atoms with Crippen molar-refractivity contribution in [3.05, 3.63) is 93.8 Å². The summed E-state index contributed by atoms with van der Waals surface area (Å²) in [6.07, 6.45) is 5.94. The molecule has 0 spiro atoms. The lowest BCUT2D eigenvalue weighted by Gasteiger charge is -2.26. The van der Waals surface area contributed by atoms with Crippen LogP contribution in [0, 0.1) is 13.8 Å². The number of fused-ring (bicyclic) bond motifs is 2. The molecule has 1 aliphatic heterocycles. The lowest BCUT2D eigenvalue weighted by molar-refractivity contribution is 0.0358. The molecule has 1 fully saturated rings. The Labute approximate surface area is 369 Å². The van der Waals surface area contributed by atoms with Crippen LogP contribution >= 0.6 is 0 Å². The number of imidazole rings is 2. The highest BCUT2D eigenvalue weighted by Crippen LogP contribution is 2.28. The molecule has 20 nitrogen and oxygen atoms in total. The third-order valence-electron chi connectivity index (χ3n) is 11.1. The molecule has 0 atom stereocenters. The summed E-state index contributed by atoms with van der Waals surface area (Å²) in [5.74, 6) is -1.81. The van der Waals surface area contributed by atoms with E-state index in [0.717, 1.165) is 26.1 Å². The number of allylic oxidation sites excluding steroid dienone is 2. The van der Waals surface area contributed by atoms with E-state index in [0.29, 0.717) is 108 Å². The van der Waals surface area contributed by atoms with Crippen molar-refractivity contribution < 1.29 is 28.7 Å². The van der Waals surface area contributed by atoms with Crippen LogP contribution in [-0.4, -0.2) is 111 Å². The van der Waals surface area contributed by atoms with Crippen LogP contribution in [0.2, 0.25) is 0 Å². The Morgan fingerprint density at radius 1 is 0.719 bits per heavy atom. The second kappa shape index (κ2) is 19.6. The summed E-state index contributed by atoms with van der Waals surface area (Å²) in [6.45, 7) is 17.7. The maximum absolute atomic E-state index is 14.1. The van der Waals surface area contributed by atoms with Crippen LogP contribution in [0.15, 0.2) is 58.7 Å². The zero-order valence-corrected chi connectivity index (χ0v) is 37.3. The number of ether oxygens (including phenoxy) is 2. The zero-order valence-electron chi connectivity index (χ0n) is 37.3. The summed E-state index contributed by atoms with van der Waals surface area (Å²) < 4.78 is 22.6. The number of pyridine rings is 1. The van der Waals surface area contributed by atoms with E-state index < -0.39 is 23.6 Å². The molecule has 1 aliphatic rings. The molecule has 0 bridgehead atoms. The van der Waals surface area contributed by atoms with Crippen molar-refractivity contribution in [2.24, 2.45) is 21.5 Å². The summed E-state index contributed by atoms with van der Waals surface area (Å²) in [6, 6.07) is 8.39. The summed E-state index contributed by atoms with van der Waals surface area (Å²) in [5, 5.41) is 8.90. The van der Waals surface area contributed by atoms with E-state index in [-0.39, 0.29) is 24.2 Å². The average molecular weight is 877 g/mol. The van der Waals surface area contributed by atoms with E-state index >= 15 is 0 Å². The molecule has 4 N–H and O–H groups in total. The van der Waals surface area contributed by atoms with Gasteiger partial charge in [0.15, 0.2) is 5.65 Å². The lowest BCUT2D eigenvalue weighted by atomic mass is 10.1. The number of benzene rings is 1. The predicted molar refractivity (Wildman–Crippen MR) is 238 cm³/mol. The molecular weight excluding hydrogens is 821 g/mol. The van der Waals surface area contributed by atoms with Crippen molar-refractivity contribution in [1.29, 1.82) is 0 Å². The van der Waals surface area contributed by atoms with Crippen molar-refractivity contribution in [2.75, 3.05) is 39.5 Å². The normalized spacial score (nSPS) is 14.2. The van der Waals surface area contributed by atoms with Crippen LogP contribution in [0.3, 0.4) is 0 Å². The first-order valence-corrected chi connectivity index (χ1v) is 21.7. The first kappa shape index (κ1) is 45.1.